The number of ether oxygens (including phenoxy) is 3. The van der Waals surface area contributed by atoms with E-state index in [1.807, 2.05) is 0 Å². The zero-order chi connectivity index (χ0) is 31.1. The average molecular weight is 583 g/mol. The average Bonchev–Trinajstić information content (AvgIpc) is 2.97. The number of para-hydroxylation sites is 2. The van der Waals surface area contributed by atoms with Crippen molar-refractivity contribution in [3.8, 4) is 11.5 Å². The molecule has 2 aromatic rings. The molecular formula is C40H54O3. The van der Waals surface area contributed by atoms with Gasteiger partial charge in [-0.15, -0.1) is 0 Å². The van der Waals surface area contributed by atoms with E-state index in [9.17, 15) is 0 Å². The number of allylic oxidation sites excluding steroid dienone is 8. The molecule has 2 aliphatic rings. The highest BCUT2D eigenvalue weighted by atomic mass is 16.5. The van der Waals surface area contributed by atoms with Gasteiger partial charge in [-0.05, 0) is 73.6 Å². The molecule has 0 spiro atoms. The first-order valence-corrected chi connectivity index (χ1v) is 16.3. The van der Waals surface area contributed by atoms with Gasteiger partial charge in [0.15, 0.2) is 0 Å². The molecule has 0 aromatic heterocycles. The van der Waals surface area contributed by atoms with E-state index in [-0.39, 0.29) is 21.7 Å². The van der Waals surface area contributed by atoms with Crippen molar-refractivity contribution in [3.05, 3.63) is 107 Å². The minimum atomic E-state index is -0.158. The normalized spacial score (nSPS) is 22.2. The summed E-state index contributed by atoms with van der Waals surface area (Å²) < 4.78 is 18.8. The fourth-order valence-corrected chi connectivity index (χ4v) is 6.44. The molecule has 4 rings (SSSR count). The summed E-state index contributed by atoms with van der Waals surface area (Å²) in [6.45, 7) is 20.5. The number of hydrogen-bond acceptors (Lipinski definition) is 3. The predicted octanol–water partition coefficient (Wildman–Crippen LogP) is 10.3. The lowest BCUT2D eigenvalue weighted by Crippen LogP contribution is -2.30. The molecule has 43 heavy (non-hydrogen) atoms. The van der Waals surface area contributed by atoms with Crippen molar-refractivity contribution in [3.63, 3.8) is 0 Å². The Balaban J connectivity index is 1.53. The van der Waals surface area contributed by atoms with Gasteiger partial charge in [-0.2, -0.15) is 0 Å². The van der Waals surface area contributed by atoms with E-state index in [0.29, 0.717) is 26.4 Å². The number of rotatable bonds is 12. The Labute approximate surface area is 261 Å². The summed E-state index contributed by atoms with van der Waals surface area (Å²) >= 11 is 0. The van der Waals surface area contributed by atoms with Crippen LogP contribution in [0.3, 0.4) is 0 Å². The van der Waals surface area contributed by atoms with Crippen molar-refractivity contribution in [2.75, 3.05) is 26.4 Å². The smallest absolute Gasteiger partial charge is 0.123 e. The maximum absolute atomic E-state index is 6.53. The van der Waals surface area contributed by atoms with Gasteiger partial charge >= 0.3 is 0 Å². The van der Waals surface area contributed by atoms with Crippen LogP contribution in [0.25, 0.3) is 0 Å². The first-order valence-electron chi connectivity index (χ1n) is 16.3. The van der Waals surface area contributed by atoms with Crippen LogP contribution >= 0.6 is 0 Å². The SMILES string of the molecule is CCOc1ccccc1C1(CCOCCC2(c3ccccc3OCC)C=CC(C(C)(C)C)=CC2)C=CC(C(C)(C)C)=CC1. The minimum absolute atomic E-state index is 0.125. The summed E-state index contributed by atoms with van der Waals surface area (Å²) in [4.78, 5) is 0. The second-order valence-corrected chi connectivity index (χ2v) is 14.2. The molecule has 2 atom stereocenters. The lowest BCUT2D eigenvalue weighted by molar-refractivity contribution is 0.105. The lowest BCUT2D eigenvalue weighted by atomic mass is 9.69. The van der Waals surface area contributed by atoms with Gasteiger partial charge in [0, 0.05) is 35.2 Å². The van der Waals surface area contributed by atoms with Crippen LogP contribution < -0.4 is 9.47 Å². The fourth-order valence-electron chi connectivity index (χ4n) is 6.44. The first-order chi connectivity index (χ1) is 20.4. The topological polar surface area (TPSA) is 27.7 Å². The van der Waals surface area contributed by atoms with Crippen molar-refractivity contribution >= 4 is 0 Å². The summed E-state index contributed by atoms with van der Waals surface area (Å²) in [7, 11) is 0. The van der Waals surface area contributed by atoms with Gasteiger partial charge in [0.05, 0.1) is 13.2 Å². The van der Waals surface area contributed by atoms with Crippen LogP contribution in [0.15, 0.2) is 96.1 Å². The molecule has 2 unspecified atom stereocenters. The van der Waals surface area contributed by atoms with Crippen LogP contribution in [0.2, 0.25) is 0 Å². The molecule has 0 bridgehead atoms. The molecule has 0 amide bonds. The van der Waals surface area contributed by atoms with Crippen LogP contribution in [-0.4, -0.2) is 26.4 Å². The maximum Gasteiger partial charge on any atom is 0.123 e. The van der Waals surface area contributed by atoms with E-state index in [2.05, 4.69) is 140 Å². The Hall–Kier alpha value is -3.04. The molecule has 0 saturated heterocycles. The highest BCUT2D eigenvalue weighted by Crippen LogP contribution is 2.46. The van der Waals surface area contributed by atoms with E-state index >= 15 is 0 Å². The molecule has 0 fully saturated rings. The van der Waals surface area contributed by atoms with Crippen LogP contribution in [0.1, 0.15) is 92.2 Å². The van der Waals surface area contributed by atoms with Gasteiger partial charge in [-0.1, -0.05) is 114 Å². The van der Waals surface area contributed by atoms with Crippen molar-refractivity contribution < 1.29 is 14.2 Å². The van der Waals surface area contributed by atoms with Crippen LogP contribution in [-0.2, 0) is 15.6 Å². The van der Waals surface area contributed by atoms with Crippen molar-refractivity contribution in [1.82, 2.24) is 0 Å². The Kier molecular flexibility index (Phi) is 10.5. The second-order valence-electron chi connectivity index (χ2n) is 14.2. The number of hydrogen-bond donors (Lipinski definition) is 0. The van der Waals surface area contributed by atoms with E-state index in [0.717, 1.165) is 37.2 Å². The summed E-state index contributed by atoms with van der Waals surface area (Å²) in [6.07, 6.45) is 18.0. The zero-order valence-electron chi connectivity index (χ0n) is 28.0. The van der Waals surface area contributed by atoms with Crippen molar-refractivity contribution in [1.29, 1.82) is 0 Å². The van der Waals surface area contributed by atoms with Crippen molar-refractivity contribution in [2.24, 2.45) is 10.8 Å². The summed E-state index contributed by atoms with van der Waals surface area (Å²) in [5, 5.41) is 0. The zero-order valence-corrected chi connectivity index (χ0v) is 28.0. The molecule has 0 N–H and O–H groups in total. The molecule has 3 nitrogen and oxygen atoms in total. The summed E-state index contributed by atoms with van der Waals surface area (Å²) in [5.74, 6) is 1.95. The van der Waals surface area contributed by atoms with Gasteiger partial charge in [0.1, 0.15) is 11.5 Å². The van der Waals surface area contributed by atoms with Gasteiger partial charge in [0.25, 0.3) is 0 Å². The maximum atomic E-state index is 6.53. The van der Waals surface area contributed by atoms with E-state index < -0.39 is 0 Å². The standard InChI is InChI=1S/C40H54O3/c1-9-42-35-17-13-11-15-33(35)39(23-19-31(20-24-39)37(3,4)5)27-29-41-30-28-40(25-21-32(22-26-40)38(6,7)8)34-16-12-14-18-36(34)43-10-2/h11-23,25H,9-10,24,26-30H2,1-8H3. The Morgan fingerprint density at radius 2 is 1.00 bits per heavy atom. The van der Waals surface area contributed by atoms with E-state index in [1.54, 1.807) is 0 Å². The monoisotopic (exact) mass is 582 g/mol. The van der Waals surface area contributed by atoms with E-state index in [4.69, 9.17) is 14.2 Å². The van der Waals surface area contributed by atoms with Gasteiger partial charge in [-0.3, -0.25) is 0 Å². The third-order valence-electron chi connectivity index (χ3n) is 9.10. The minimum Gasteiger partial charge on any atom is -0.494 e. The van der Waals surface area contributed by atoms with Gasteiger partial charge in [0.2, 0.25) is 0 Å². The van der Waals surface area contributed by atoms with Gasteiger partial charge in [-0.25, -0.2) is 0 Å². The Morgan fingerprint density at radius 3 is 1.33 bits per heavy atom. The third kappa shape index (κ3) is 7.73. The predicted molar refractivity (Wildman–Crippen MR) is 181 cm³/mol. The molecule has 0 saturated carbocycles. The second kappa shape index (κ2) is 13.7. The largest absolute Gasteiger partial charge is 0.494 e. The molecular weight excluding hydrogens is 528 g/mol. The van der Waals surface area contributed by atoms with Crippen LogP contribution in [0, 0.1) is 10.8 Å². The fraction of sp³-hybridized carbons (Fsp3) is 0.500. The van der Waals surface area contributed by atoms with E-state index in [1.165, 1.54) is 22.3 Å². The molecule has 0 heterocycles. The summed E-state index contributed by atoms with van der Waals surface area (Å²) in [5.41, 5.74) is 5.21. The summed E-state index contributed by atoms with van der Waals surface area (Å²) in [6, 6.07) is 17.1. The molecule has 0 radical (unpaired) electrons. The van der Waals surface area contributed by atoms with Crippen LogP contribution in [0.5, 0.6) is 11.5 Å². The lowest BCUT2D eigenvalue weighted by Gasteiger charge is -2.37. The third-order valence-corrected chi connectivity index (χ3v) is 9.10. The molecule has 232 valence electrons. The first kappa shape index (κ1) is 32.9. The molecule has 3 heteroatoms. The Bertz CT molecular complexity index is 1240. The Morgan fingerprint density at radius 1 is 0.605 bits per heavy atom. The highest BCUT2D eigenvalue weighted by molar-refractivity contribution is 5.48. The molecule has 2 aliphatic carbocycles. The quantitative estimate of drug-likeness (QED) is 0.233. The molecule has 0 aliphatic heterocycles. The van der Waals surface area contributed by atoms with Gasteiger partial charge < -0.3 is 14.2 Å². The molecule has 2 aromatic carbocycles. The van der Waals surface area contributed by atoms with Crippen LogP contribution in [0.4, 0.5) is 0 Å². The number of benzene rings is 2. The highest BCUT2D eigenvalue weighted by Gasteiger charge is 2.36. The van der Waals surface area contributed by atoms with Crippen molar-refractivity contribution in [2.45, 2.75) is 91.9 Å².